The van der Waals surface area contributed by atoms with E-state index in [4.69, 9.17) is 0 Å². The number of hydrogen-bond acceptors (Lipinski definition) is 0. The Morgan fingerprint density at radius 1 is 0.909 bits per heavy atom. The van der Waals surface area contributed by atoms with E-state index in [1.807, 2.05) is 0 Å². The topological polar surface area (TPSA) is 0 Å². The molecule has 0 bridgehead atoms. The fourth-order valence-electron chi connectivity index (χ4n) is 3.53. The van der Waals surface area contributed by atoms with Crippen LogP contribution in [0.4, 0.5) is 0 Å². The van der Waals surface area contributed by atoms with Crippen molar-refractivity contribution >= 4 is 6.08 Å². The first-order valence-electron chi connectivity index (χ1n) is 8.42. The van der Waals surface area contributed by atoms with Crippen molar-refractivity contribution in [2.24, 2.45) is 0 Å². The van der Waals surface area contributed by atoms with Gasteiger partial charge >= 0.3 is 0 Å². The largest absolute Gasteiger partial charge is 0.0652 e. The maximum atomic E-state index is 2.44. The Hall–Kier alpha value is -1.82. The molecule has 0 amide bonds. The molecule has 0 fully saturated rings. The molecule has 0 saturated heterocycles. The fourth-order valence-corrected chi connectivity index (χ4v) is 3.53. The van der Waals surface area contributed by atoms with Crippen molar-refractivity contribution in [3.63, 3.8) is 0 Å². The van der Waals surface area contributed by atoms with Crippen LogP contribution < -0.4 is 0 Å². The Balaban J connectivity index is 2.15. The third-order valence-corrected chi connectivity index (χ3v) is 4.56. The second-order valence-corrected chi connectivity index (χ2v) is 7.40. The Labute approximate surface area is 134 Å². The molecule has 0 spiro atoms. The maximum Gasteiger partial charge on any atom is -0.00576 e. The molecule has 0 saturated carbocycles. The van der Waals surface area contributed by atoms with Crippen LogP contribution in [0.1, 0.15) is 57.2 Å². The van der Waals surface area contributed by atoms with Gasteiger partial charge in [-0.25, -0.2) is 0 Å². The fraction of sp³-hybridized carbons (Fsp3) is 0.364. The van der Waals surface area contributed by atoms with Gasteiger partial charge in [0.1, 0.15) is 0 Å². The van der Waals surface area contributed by atoms with Gasteiger partial charge in [-0.1, -0.05) is 88.2 Å². The molecule has 1 aliphatic carbocycles. The van der Waals surface area contributed by atoms with Crippen molar-refractivity contribution in [2.45, 2.75) is 52.4 Å². The molecule has 2 aromatic rings. The van der Waals surface area contributed by atoms with Gasteiger partial charge in [0.2, 0.25) is 0 Å². The van der Waals surface area contributed by atoms with Gasteiger partial charge in [-0.2, -0.15) is 0 Å². The molecule has 1 aliphatic rings. The van der Waals surface area contributed by atoms with Crippen molar-refractivity contribution < 1.29 is 0 Å². The highest BCUT2D eigenvalue weighted by Crippen LogP contribution is 2.39. The summed E-state index contributed by atoms with van der Waals surface area (Å²) >= 11 is 0. The molecule has 0 radical (unpaired) electrons. The Kier molecular flexibility index (Phi) is 3.95. The zero-order valence-corrected chi connectivity index (χ0v) is 14.2. The molecular formula is C22H26. The normalized spacial score (nSPS) is 13.9. The highest BCUT2D eigenvalue weighted by molar-refractivity contribution is 5.82. The van der Waals surface area contributed by atoms with Crippen LogP contribution in [-0.2, 0) is 11.8 Å². The molecule has 0 heterocycles. The first-order chi connectivity index (χ1) is 10.5. The van der Waals surface area contributed by atoms with Gasteiger partial charge in [-0.15, -0.1) is 0 Å². The number of allylic oxidation sites excluding steroid dienone is 1. The first-order valence-corrected chi connectivity index (χ1v) is 8.42. The zero-order chi connectivity index (χ0) is 15.7. The predicted molar refractivity (Wildman–Crippen MR) is 97.2 cm³/mol. The van der Waals surface area contributed by atoms with Crippen LogP contribution in [0.2, 0.25) is 0 Å². The van der Waals surface area contributed by atoms with Crippen LogP contribution in [0.3, 0.4) is 0 Å². The van der Waals surface area contributed by atoms with E-state index in [1.54, 1.807) is 5.57 Å². The second-order valence-electron chi connectivity index (χ2n) is 7.40. The van der Waals surface area contributed by atoms with Crippen LogP contribution in [0.25, 0.3) is 17.2 Å². The minimum Gasteiger partial charge on any atom is -0.0652 e. The van der Waals surface area contributed by atoms with Gasteiger partial charge < -0.3 is 0 Å². The van der Waals surface area contributed by atoms with Crippen LogP contribution in [0.15, 0.2) is 48.0 Å². The Bertz CT molecular complexity index is 711. The van der Waals surface area contributed by atoms with E-state index in [9.17, 15) is 0 Å². The van der Waals surface area contributed by atoms with Crippen molar-refractivity contribution in [3.05, 3.63) is 64.7 Å². The Morgan fingerprint density at radius 2 is 1.64 bits per heavy atom. The summed E-state index contributed by atoms with van der Waals surface area (Å²) in [5.41, 5.74) is 8.90. The van der Waals surface area contributed by atoms with E-state index in [0.29, 0.717) is 0 Å². The van der Waals surface area contributed by atoms with Gasteiger partial charge in [0, 0.05) is 0 Å². The number of benzene rings is 2. The van der Waals surface area contributed by atoms with E-state index in [-0.39, 0.29) is 5.41 Å². The molecule has 0 unspecified atom stereocenters. The smallest absolute Gasteiger partial charge is 0.00576 e. The van der Waals surface area contributed by atoms with E-state index in [2.05, 4.69) is 76.2 Å². The molecule has 114 valence electrons. The minimum absolute atomic E-state index is 0.161. The summed E-state index contributed by atoms with van der Waals surface area (Å²) in [5, 5.41) is 0. The predicted octanol–water partition coefficient (Wildman–Crippen LogP) is 6.39. The number of rotatable bonds is 3. The first kappa shape index (κ1) is 15.1. The van der Waals surface area contributed by atoms with Crippen LogP contribution in [-0.4, -0.2) is 0 Å². The lowest BCUT2D eigenvalue weighted by atomic mass is 9.81. The molecule has 0 aliphatic heterocycles. The van der Waals surface area contributed by atoms with Gasteiger partial charge in [-0.05, 0) is 46.1 Å². The molecule has 2 aromatic carbocycles. The molecule has 0 aromatic heterocycles. The van der Waals surface area contributed by atoms with Crippen molar-refractivity contribution in [1.82, 2.24) is 0 Å². The van der Waals surface area contributed by atoms with Crippen molar-refractivity contribution in [3.8, 4) is 11.1 Å². The summed E-state index contributed by atoms with van der Waals surface area (Å²) in [6.45, 7) is 9.16. The number of fused-ring (bicyclic) bond motifs is 1. The summed E-state index contributed by atoms with van der Waals surface area (Å²) < 4.78 is 0. The van der Waals surface area contributed by atoms with Crippen molar-refractivity contribution in [1.29, 1.82) is 0 Å². The Morgan fingerprint density at radius 3 is 2.36 bits per heavy atom. The highest BCUT2D eigenvalue weighted by atomic mass is 14.3. The van der Waals surface area contributed by atoms with Crippen LogP contribution in [0.5, 0.6) is 0 Å². The maximum absolute atomic E-state index is 2.44. The highest BCUT2D eigenvalue weighted by Gasteiger charge is 2.22. The van der Waals surface area contributed by atoms with Gasteiger partial charge in [0.05, 0.1) is 0 Å². The summed E-state index contributed by atoms with van der Waals surface area (Å²) in [4.78, 5) is 0. The summed E-state index contributed by atoms with van der Waals surface area (Å²) in [6, 6.07) is 15.7. The third-order valence-electron chi connectivity index (χ3n) is 4.56. The molecule has 3 rings (SSSR count). The molecule has 0 N–H and O–H groups in total. The second kappa shape index (κ2) is 5.76. The third kappa shape index (κ3) is 2.75. The van der Waals surface area contributed by atoms with Gasteiger partial charge in [0.15, 0.2) is 0 Å². The van der Waals surface area contributed by atoms with Gasteiger partial charge in [0.25, 0.3) is 0 Å². The number of hydrogen-bond donors (Lipinski definition) is 0. The monoisotopic (exact) mass is 290 g/mol. The van der Waals surface area contributed by atoms with Gasteiger partial charge in [-0.3, -0.25) is 0 Å². The SMILES string of the molecule is CCCC1=Cc2c(cccc2-c2ccccc2C(C)(C)C)C1. The average molecular weight is 290 g/mol. The van der Waals surface area contributed by atoms with E-state index in [1.165, 1.54) is 40.7 Å². The van der Waals surface area contributed by atoms with E-state index >= 15 is 0 Å². The summed E-state index contributed by atoms with van der Waals surface area (Å²) in [7, 11) is 0. The summed E-state index contributed by atoms with van der Waals surface area (Å²) in [5.74, 6) is 0. The molecule has 0 atom stereocenters. The quantitative estimate of drug-likeness (QED) is 0.614. The minimum atomic E-state index is 0.161. The van der Waals surface area contributed by atoms with E-state index < -0.39 is 0 Å². The molecule has 22 heavy (non-hydrogen) atoms. The summed E-state index contributed by atoms with van der Waals surface area (Å²) in [6.07, 6.45) is 6.02. The standard InChI is InChI=1S/C22H26/c1-5-9-16-14-17-10-8-12-18(20(17)15-16)19-11-6-7-13-21(19)22(2,3)4/h6-8,10-13,15H,5,9,14H2,1-4H3. The lowest BCUT2D eigenvalue weighted by Gasteiger charge is -2.24. The van der Waals surface area contributed by atoms with E-state index in [0.717, 1.165) is 6.42 Å². The molecular weight excluding hydrogens is 264 g/mol. The molecule has 0 heteroatoms. The van der Waals surface area contributed by atoms with Crippen LogP contribution in [0, 0.1) is 0 Å². The van der Waals surface area contributed by atoms with Crippen molar-refractivity contribution in [2.75, 3.05) is 0 Å². The van der Waals surface area contributed by atoms with Crippen LogP contribution >= 0.6 is 0 Å². The zero-order valence-electron chi connectivity index (χ0n) is 14.2. The molecule has 0 nitrogen and oxygen atoms in total. The lowest BCUT2D eigenvalue weighted by Crippen LogP contribution is -2.12. The average Bonchev–Trinajstić information content (AvgIpc) is 2.89. The lowest BCUT2D eigenvalue weighted by molar-refractivity contribution is 0.592.